The number of rotatable bonds is 11. The number of carbonyl (C=O) groups is 2. The first-order valence-electron chi connectivity index (χ1n) is 15.4. The van der Waals surface area contributed by atoms with Crippen LogP contribution in [0.15, 0.2) is 54.9 Å². The molecule has 11 nitrogen and oxygen atoms in total. The highest BCUT2D eigenvalue weighted by Gasteiger charge is 2.38. The molecule has 0 spiro atoms. The lowest BCUT2D eigenvalue weighted by molar-refractivity contribution is -0.118. The van der Waals surface area contributed by atoms with Crippen molar-refractivity contribution in [3.05, 3.63) is 94.8 Å². The van der Waals surface area contributed by atoms with E-state index in [1.807, 2.05) is 0 Å². The van der Waals surface area contributed by atoms with Crippen molar-refractivity contribution in [1.29, 1.82) is 0 Å². The lowest BCUT2D eigenvalue weighted by Crippen LogP contribution is -2.57. The topological polar surface area (TPSA) is 133 Å². The summed E-state index contributed by atoms with van der Waals surface area (Å²) in [5.74, 6) is -5.47. The zero-order valence-corrected chi connectivity index (χ0v) is 26.9. The van der Waals surface area contributed by atoms with Gasteiger partial charge in [-0.25, -0.2) is 22.4 Å². The SMILES string of the molecule is COC(=O)N[C@H](C(=O)Nc1cncc(F)c1CC[C@H]1CNCCN1S(=O)(=O)N1CCCC1)[C@@H](c1ccc(F)cc1)c1cc(F)cc(F)c1. The number of carbonyl (C=O) groups excluding carboxylic acids is 2. The molecule has 3 aromatic rings. The maximum absolute atomic E-state index is 15.3. The summed E-state index contributed by atoms with van der Waals surface area (Å²) in [5.41, 5.74) is 0.143. The lowest BCUT2D eigenvalue weighted by Gasteiger charge is -2.37. The number of pyridine rings is 1. The molecule has 2 fully saturated rings. The molecule has 2 aliphatic heterocycles. The first kappa shape index (κ1) is 35.2. The number of anilines is 1. The molecule has 2 aromatic carbocycles. The molecule has 258 valence electrons. The Hall–Kier alpha value is -4.12. The van der Waals surface area contributed by atoms with Crippen LogP contribution in [0.2, 0.25) is 0 Å². The molecule has 3 N–H and O–H groups in total. The van der Waals surface area contributed by atoms with Gasteiger partial charge in [-0.2, -0.15) is 17.0 Å². The zero-order chi connectivity index (χ0) is 34.4. The summed E-state index contributed by atoms with van der Waals surface area (Å²) in [6.45, 7) is 1.94. The first-order chi connectivity index (χ1) is 23.0. The summed E-state index contributed by atoms with van der Waals surface area (Å²) in [4.78, 5) is 30.3. The van der Waals surface area contributed by atoms with E-state index in [0.29, 0.717) is 32.2 Å². The molecule has 2 amide bonds. The number of ether oxygens (including phenoxy) is 1. The average Bonchev–Trinajstić information content (AvgIpc) is 3.61. The molecule has 0 bridgehead atoms. The Bertz CT molecular complexity index is 1710. The fourth-order valence-corrected chi connectivity index (χ4v) is 8.09. The molecule has 0 unspecified atom stereocenters. The molecule has 3 heterocycles. The number of nitrogens with zero attached hydrogens (tertiary/aromatic N) is 3. The van der Waals surface area contributed by atoms with Crippen LogP contribution in [0.4, 0.5) is 28.0 Å². The molecule has 2 saturated heterocycles. The van der Waals surface area contributed by atoms with Crippen molar-refractivity contribution >= 4 is 27.9 Å². The second kappa shape index (κ2) is 15.4. The summed E-state index contributed by atoms with van der Waals surface area (Å²) in [6, 6.07) is 5.27. The third-order valence-electron chi connectivity index (χ3n) is 8.52. The monoisotopic (exact) mass is 692 g/mol. The van der Waals surface area contributed by atoms with Gasteiger partial charge in [0.1, 0.15) is 29.3 Å². The fraction of sp³-hybridized carbons (Fsp3) is 0.406. The molecule has 48 heavy (non-hydrogen) atoms. The average molecular weight is 693 g/mol. The lowest BCUT2D eigenvalue weighted by atomic mass is 9.84. The van der Waals surface area contributed by atoms with E-state index in [2.05, 4.69) is 20.9 Å². The smallest absolute Gasteiger partial charge is 0.407 e. The number of alkyl carbamates (subject to hydrolysis) is 1. The zero-order valence-electron chi connectivity index (χ0n) is 26.1. The Labute approximate surface area is 275 Å². The molecule has 2 aliphatic rings. The highest BCUT2D eigenvalue weighted by molar-refractivity contribution is 7.86. The van der Waals surface area contributed by atoms with E-state index in [1.54, 1.807) is 0 Å². The quantitative estimate of drug-likeness (QED) is 0.261. The Morgan fingerprint density at radius 2 is 1.67 bits per heavy atom. The van der Waals surface area contributed by atoms with Gasteiger partial charge in [0.05, 0.1) is 25.2 Å². The molecular weight excluding hydrogens is 656 g/mol. The second-order valence-corrected chi connectivity index (χ2v) is 13.5. The van der Waals surface area contributed by atoms with Crippen LogP contribution in [0.5, 0.6) is 0 Å². The van der Waals surface area contributed by atoms with Gasteiger partial charge in [-0.3, -0.25) is 9.78 Å². The van der Waals surface area contributed by atoms with E-state index < -0.39 is 63.5 Å². The van der Waals surface area contributed by atoms with Crippen molar-refractivity contribution in [2.75, 3.05) is 45.2 Å². The minimum atomic E-state index is -3.73. The van der Waals surface area contributed by atoms with E-state index in [4.69, 9.17) is 4.74 Å². The molecule has 3 atom stereocenters. The predicted molar refractivity (Wildman–Crippen MR) is 168 cm³/mol. The number of aromatic nitrogens is 1. The molecule has 0 radical (unpaired) electrons. The summed E-state index contributed by atoms with van der Waals surface area (Å²) in [7, 11) is -2.67. The number of hydrogen-bond donors (Lipinski definition) is 3. The van der Waals surface area contributed by atoms with Crippen LogP contribution in [0.25, 0.3) is 0 Å². The second-order valence-electron chi connectivity index (χ2n) is 11.6. The summed E-state index contributed by atoms with van der Waals surface area (Å²) >= 11 is 0. The van der Waals surface area contributed by atoms with Gasteiger partial charge in [-0.1, -0.05) is 12.1 Å². The van der Waals surface area contributed by atoms with E-state index in [0.717, 1.165) is 50.4 Å². The van der Waals surface area contributed by atoms with Crippen molar-refractivity contribution < 1.29 is 40.3 Å². The Kier molecular flexibility index (Phi) is 11.3. The minimum Gasteiger partial charge on any atom is -0.453 e. The van der Waals surface area contributed by atoms with Crippen molar-refractivity contribution in [3.8, 4) is 0 Å². The first-order valence-corrected chi connectivity index (χ1v) is 16.8. The minimum absolute atomic E-state index is 0.00787. The van der Waals surface area contributed by atoms with E-state index in [9.17, 15) is 31.2 Å². The van der Waals surface area contributed by atoms with Crippen LogP contribution in [0.3, 0.4) is 0 Å². The summed E-state index contributed by atoms with van der Waals surface area (Å²) < 4.78 is 92.5. The number of halogens is 4. The number of benzene rings is 2. The van der Waals surface area contributed by atoms with Crippen LogP contribution in [-0.2, 0) is 26.2 Å². The van der Waals surface area contributed by atoms with Gasteiger partial charge in [0.25, 0.3) is 10.2 Å². The molecule has 0 aliphatic carbocycles. The molecular formula is C32H36F4N6O5S. The predicted octanol–water partition coefficient (Wildman–Crippen LogP) is 3.68. The standard InChI is InChI=1S/C32H36F4N6O5S/c1-47-32(44)40-30(29(20-4-6-22(33)7-5-20)21-14-23(34)16-24(35)15-21)31(43)39-28-19-38-18-27(36)26(28)9-8-25-17-37-10-13-42(25)48(45,46)41-11-2-3-12-41/h4-7,14-16,18-19,25,29-30,37H,2-3,8-13,17H2,1H3,(H,39,43)(H,40,44)/t25-,29-,30-/m0/s1. The number of methoxy groups -OCH3 is 1. The Morgan fingerprint density at radius 1 is 0.979 bits per heavy atom. The van der Waals surface area contributed by atoms with E-state index >= 15 is 4.39 Å². The van der Waals surface area contributed by atoms with E-state index in [-0.39, 0.29) is 41.8 Å². The highest BCUT2D eigenvalue weighted by atomic mass is 32.2. The Balaban J connectivity index is 1.44. The van der Waals surface area contributed by atoms with Crippen LogP contribution >= 0.6 is 0 Å². The van der Waals surface area contributed by atoms with Gasteiger partial charge in [0, 0.05) is 56.3 Å². The molecule has 1 aromatic heterocycles. The fourth-order valence-electron chi connectivity index (χ4n) is 6.19. The van der Waals surface area contributed by atoms with E-state index in [1.165, 1.54) is 26.9 Å². The third kappa shape index (κ3) is 8.11. The largest absolute Gasteiger partial charge is 0.453 e. The van der Waals surface area contributed by atoms with Crippen molar-refractivity contribution in [1.82, 2.24) is 24.2 Å². The molecule has 0 saturated carbocycles. The number of hydrogen-bond acceptors (Lipinski definition) is 7. The van der Waals surface area contributed by atoms with Crippen LogP contribution in [0.1, 0.15) is 41.9 Å². The van der Waals surface area contributed by atoms with Gasteiger partial charge < -0.3 is 20.7 Å². The van der Waals surface area contributed by atoms with Gasteiger partial charge in [-0.15, -0.1) is 0 Å². The normalized spacial score (nSPS) is 18.6. The summed E-state index contributed by atoms with van der Waals surface area (Å²) in [6.07, 6.45) is 2.89. The number of nitrogens with one attached hydrogen (secondary N) is 3. The van der Waals surface area contributed by atoms with Gasteiger partial charge in [-0.05, 0) is 61.1 Å². The van der Waals surface area contributed by atoms with Gasteiger partial charge in [0.2, 0.25) is 5.91 Å². The van der Waals surface area contributed by atoms with Gasteiger partial charge >= 0.3 is 6.09 Å². The molecule has 5 rings (SSSR count). The van der Waals surface area contributed by atoms with Crippen LogP contribution < -0.4 is 16.0 Å². The summed E-state index contributed by atoms with van der Waals surface area (Å²) in [5, 5.41) is 8.17. The molecule has 16 heteroatoms. The number of piperazine rings is 1. The maximum atomic E-state index is 15.3. The van der Waals surface area contributed by atoms with Gasteiger partial charge in [0.15, 0.2) is 0 Å². The third-order valence-corrected chi connectivity index (χ3v) is 10.6. The van der Waals surface area contributed by atoms with Crippen molar-refractivity contribution in [2.24, 2.45) is 0 Å². The van der Waals surface area contributed by atoms with Crippen molar-refractivity contribution in [2.45, 2.75) is 43.7 Å². The van der Waals surface area contributed by atoms with Crippen molar-refractivity contribution in [3.63, 3.8) is 0 Å². The maximum Gasteiger partial charge on any atom is 0.407 e. The highest BCUT2D eigenvalue weighted by Crippen LogP contribution is 2.32. The van der Waals surface area contributed by atoms with Crippen LogP contribution in [-0.4, -0.2) is 85.9 Å². The Morgan fingerprint density at radius 3 is 2.33 bits per heavy atom. The number of amides is 2. The van der Waals surface area contributed by atoms with Crippen LogP contribution in [0, 0.1) is 23.3 Å².